The van der Waals surface area contributed by atoms with Crippen LogP contribution in [-0.2, 0) is 11.3 Å². The third kappa shape index (κ3) is 5.05. The van der Waals surface area contributed by atoms with Crippen molar-refractivity contribution >= 4 is 5.91 Å². The van der Waals surface area contributed by atoms with E-state index in [-0.39, 0.29) is 5.91 Å². The molecular formula is C23H34N4O3. The van der Waals surface area contributed by atoms with Crippen LogP contribution in [0.4, 0.5) is 0 Å². The van der Waals surface area contributed by atoms with Gasteiger partial charge in [0.25, 0.3) is 0 Å². The van der Waals surface area contributed by atoms with Gasteiger partial charge in [-0.1, -0.05) is 25.3 Å². The number of carbonyl (C=O) groups is 1. The Bertz CT molecular complexity index is 762. The van der Waals surface area contributed by atoms with E-state index in [2.05, 4.69) is 21.9 Å². The van der Waals surface area contributed by atoms with Crippen molar-refractivity contribution in [1.82, 2.24) is 14.7 Å². The molecule has 0 spiro atoms. The van der Waals surface area contributed by atoms with E-state index in [1.165, 1.54) is 5.56 Å². The first-order valence-electron chi connectivity index (χ1n) is 10.8. The lowest BCUT2D eigenvalue weighted by atomic mass is 9.81. The molecule has 1 aromatic rings. The number of hydrogen-bond acceptors (Lipinski definition) is 6. The van der Waals surface area contributed by atoms with Crippen molar-refractivity contribution in [3.8, 4) is 17.6 Å². The van der Waals surface area contributed by atoms with Crippen molar-refractivity contribution < 1.29 is 14.3 Å². The molecule has 1 saturated carbocycles. The average molecular weight is 415 g/mol. The van der Waals surface area contributed by atoms with Crippen molar-refractivity contribution in [2.75, 3.05) is 54.0 Å². The summed E-state index contributed by atoms with van der Waals surface area (Å²) in [5.74, 6) is 1.55. The fourth-order valence-corrected chi connectivity index (χ4v) is 4.54. The molecule has 0 N–H and O–H groups in total. The molecule has 7 nitrogen and oxygen atoms in total. The van der Waals surface area contributed by atoms with Gasteiger partial charge in [-0.3, -0.25) is 14.6 Å². The summed E-state index contributed by atoms with van der Waals surface area (Å²) in [4.78, 5) is 19.2. The smallest absolute Gasteiger partial charge is 0.237 e. The zero-order chi connectivity index (χ0) is 21.6. The van der Waals surface area contributed by atoms with Crippen LogP contribution in [0, 0.1) is 11.3 Å². The number of piperazine rings is 1. The molecule has 2 aliphatic rings. The molecule has 1 aliphatic carbocycles. The van der Waals surface area contributed by atoms with Crippen molar-refractivity contribution in [2.24, 2.45) is 0 Å². The van der Waals surface area contributed by atoms with Gasteiger partial charge in [0.1, 0.15) is 5.54 Å². The molecule has 7 heteroatoms. The molecule has 0 bridgehead atoms. The van der Waals surface area contributed by atoms with E-state index in [1.807, 2.05) is 19.2 Å². The number of rotatable bonds is 7. The van der Waals surface area contributed by atoms with Gasteiger partial charge in [-0.05, 0) is 30.5 Å². The summed E-state index contributed by atoms with van der Waals surface area (Å²) in [7, 11) is 5.10. The molecule has 1 aromatic carbocycles. The average Bonchev–Trinajstić information content (AvgIpc) is 2.80. The molecule has 1 aliphatic heterocycles. The first-order valence-corrected chi connectivity index (χ1v) is 10.8. The number of hydrogen-bond donors (Lipinski definition) is 0. The van der Waals surface area contributed by atoms with Gasteiger partial charge < -0.3 is 14.4 Å². The third-order valence-corrected chi connectivity index (χ3v) is 6.58. The Balaban J connectivity index is 1.49. The lowest BCUT2D eigenvalue weighted by Gasteiger charge is -2.41. The number of likely N-dealkylation sites (N-methyl/N-ethyl adjacent to an activating group) is 1. The number of ether oxygens (including phenoxy) is 2. The molecule has 0 unspecified atom stereocenters. The maximum absolute atomic E-state index is 12.9. The number of methoxy groups -OCH3 is 2. The first kappa shape index (κ1) is 22.4. The molecular weight excluding hydrogens is 380 g/mol. The number of benzene rings is 1. The maximum Gasteiger partial charge on any atom is 0.237 e. The van der Waals surface area contributed by atoms with Gasteiger partial charge in [0.2, 0.25) is 5.91 Å². The maximum atomic E-state index is 12.9. The highest BCUT2D eigenvalue weighted by Crippen LogP contribution is 2.32. The number of amides is 1. The van der Waals surface area contributed by atoms with E-state index < -0.39 is 5.54 Å². The molecule has 164 valence electrons. The van der Waals surface area contributed by atoms with Gasteiger partial charge in [0, 0.05) is 39.8 Å². The Morgan fingerprint density at radius 3 is 2.30 bits per heavy atom. The van der Waals surface area contributed by atoms with Crippen molar-refractivity contribution in [3.63, 3.8) is 0 Å². The topological polar surface area (TPSA) is 69.0 Å². The van der Waals surface area contributed by atoms with Crippen molar-refractivity contribution in [1.29, 1.82) is 5.26 Å². The van der Waals surface area contributed by atoms with Gasteiger partial charge in [-0.25, -0.2) is 0 Å². The summed E-state index contributed by atoms with van der Waals surface area (Å²) in [6, 6.07) is 8.48. The molecule has 3 rings (SSSR count). The van der Waals surface area contributed by atoms with E-state index in [0.29, 0.717) is 6.54 Å². The molecule has 30 heavy (non-hydrogen) atoms. The van der Waals surface area contributed by atoms with E-state index in [4.69, 9.17) is 9.47 Å². The second-order valence-electron chi connectivity index (χ2n) is 8.40. The predicted molar refractivity (Wildman–Crippen MR) is 115 cm³/mol. The van der Waals surface area contributed by atoms with Crippen molar-refractivity contribution in [2.45, 2.75) is 44.2 Å². The van der Waals surface area contributed by atoms with Crippen LogP contribution in [0.2, 0.25) is 0 Å². The fourth-order valence-electron chi connectivity index (χ4n) is 4.54. The highest BCUT2D eigenvalue weighted by atomic mass is 16.5. The number of nitriles is 1. The zero-order valence-corrected chi connectivity index (χ0v) is 18.5. The minimum Gasteiger partial charge on any atom is -0.493 e. The molecule has 2 fully saturated rings. The molecule has 1 saturated heterocycles. The van der Waals surface area contributed by atoms with Crippen LogP contribution in [-0.4, -0.2) is 80.1 Å². The molecule has 0 atom stereocenters. The van der Waals surface area contributed by atoms with Crippen LogP contribution in [0.25, 0.3) is 0 Å². The largest absolute Gasteiger partial charge is 0.493 e. The second kappa shape index (κ2) is 10.1. The number of nitrogens with zero attached hydrogens (tertiary/aromatic N) is 4. The van der Waals surface area contributed by atoms with Crippen LogP contribution < -0.4 is 9.47 Å². The summed E-state index contributed by atoms with van der Waals surface area (Å²) in [5, 5.41) is 9.73. The van der Waals surface area contributed by atoms with Gasteiger partial charge in [-0.15, -0.1) is 0 Å². The van der Waals surface area contributed by atoms with E-state index in [9.17, 15) is 10.1 Å². The van der Waals surface area contributed by atoms with Gasteiger partial charge in [-0.2, -0.15) is 5.26 Å². The Morgan fingerprint density at radius 2 is 1.70 bits per heavy atom. The van der Waals surface area contributed by atoms with Gasteiger partial charge >= 0.3 is 0 Å². The minimum absolute atomic E-state index is 0.0618. The highest BCUT2D eigenvalue weighted by Gasteiger charge is 2.39. The van der Waals surface area contributed by atoms with E-state index in [1.54, 1.807) is 19.1 Å². The summed E-state index contributed by atoms with van der Waals surface area (Å²) in [6.07, 6.45) is 4.81. The SMILES string of the molecule is COc1ccc(CN2CCN(CC(=O)N(C)C3(C#N)CCCCC3)CC2)cc1OC. The fraction of sp³-hybridized carbons (Fsp3) is 0.652. The normalized spacial score (nSPS) is 19.7. The zero-order valence-electron chi connectivity index (χ0n) is 18.5. The molecule has 0 radical (unpaired) electrons. The van der Waals surface area contributed by atoms with Crippen LogP contribution in [0.15, 0.2) is 18.2 Å². The minimum atomic E-state index is -0.607. The quantitative estimate of drug-likeness (QED) is 0.683. The van der Waals surface area contributed by atoms with Crippen molar-refractivity contribution in [3.05, 3.63) is 23.8 Å². The van der Waals surface area contributed by atoms with Crippen LogP contribution >= 0.6 is 0 Å². The van der Waals surface area contributed by atoms with Crippen LogP contribution in [0.3, 0.4) is 0 Å². The highest BCUT2D eigenvalue weighted by molar-refractivity contribution is 5.79. The van der Waals surface area contributed by atoms with Gasteiger partial charge in [0.15, 0.2) is 11.5 Å². The lowest BCUT2D eigenvalue weighted by Crippen LogP contribution is -2.54. The monoisotopic (exact) mass is 414 g/mol. The first-order chi connectivity index (χ1) is 14.5. The van der Waals surface area contributed by atoms with E-state index in [0.717, 1.165) is 76.3 Å². The molecule has 1 amide bonds. The van der Waals surface area contributed by atoms with E-state index >= 15 is 0 Å². The summed E-state index contributed by atoms with van der Waals surface area (Å²) >= 11 is 0. The van der Waals surface area contributed by atoms with Crippen LogP contribution in [0.1, 0.15) is 37.7 Å². The molecule has 1 heterocycles. The Morgan fingerprint density at radius 1 is 1.07 bits per heavy atom. The summed E-state index contributed by atoms with van der Waals surface area (Å²) in [6.45, 7) is 4.77. The summed E-state index contributed by atoms with van der Waals surface area (Å²) in [5.41, 5.74) is 0.579. The Kier molecular flexibility index (Phi) is 7.57. The lowest BCUT2D eigenvalue weighted by molar-refractivity contribution is -0.136. The van der Waals surface area contributed by atoms with Gasteiger partial charge in [0.05, 0.1) is 26.8 Å². The standard InChI is InChI=1S/C23H34N4O3/c1-25(23(18-24)9-5-4-6-10-23)22(28)17-27-13-11-26(12-14-27)16-19-7-8-20(29-2)21(15-19)30-3/h7-8,15H,4-6,9-14,16-17H2,1-3H3. The Labute approximate surface area is 180 Å². The second-order valence-corrected chi connectivity index (χ2v) is 8.40. The predicted octanol–water partition coefficient (Wildman–Crippen LogP) is 2.51. The van der Waals surface area contributed by atoms with Crippen LogP contribution in [0.5, 0.6) is 11.5 Å². The third-order valence-electron chi connectivity index (χ3n) is 6.58. The molecule has 0 aromatic heterocycles. The number of carbonyl (C=O) groups excluding carboxylic acids is 1. The summed E-state index contributed by atoms with van der Waals surface area (Å²) < 4.78 is 10.7. The Hall–Kier alpha value is -2.30.